The molecule has 35 heavy (non-hydrogen) atoms. The zero-order valence-electron chi connectivity index (χ0n) is 20.8. The molecule has 0 N–H and O–H groups in total. The van der Waals surface area contributed by atoms with Gasteiger partial charge in [0.05, 0.1) is 24.3 Å². The Hall–Kier alpha value is -3.25. The lowest BCUT2D eigenvalue weighted by atomic mass is 9.72. The molecule has 1 amide bonds. The maximum absolute atomic E-state index is 14.4. The van der Waals surface area contributed by atoms with Gasteiger partial charge in [0.2, 0.25) is 5.91 Å². The second-order valence-corrected chi connectivity index (χ2v) is 9.76. The SMILES string of the molecule is COc1ccc(-c2nccc(C3CCCN3C(=O)C3(c4cc(C)cc(C)c4)CCOCC3)n2)cc1. The summed E-state index contributed by atoms with van der Waals surface area (Å²) in [6.07, 6.45) is 5.09. The third kappa shape index (κ3) is 4.55. The van der Waals surface area contributed by atoms with Gasteiger partial charge in [-0.3, -0.25) is 4.79 Å². The molecule has 0 bridgehead atoms. The maximum atomic E-state index is 14.4. The van der Waals surface area contributed by atoms with Crippen molar-refractivity contribution in [3.8, 4) is 17.1 Å². The molecule has 0 aliphatic carbocycles. The summed E-state index contributed by atoms with van der Waals surface area (Å²) in [5.74, 6) is 1.67. The first-order valence-electron chi connectivity index (χ1n) is 12.5. The van der Waals surface area contributed by atoms with Crippen molar-refractivity contribution in [1.82, 2.24) is 14.9 Å². The summed E-state index contributed by atoms with van der Waals surface area (Å²) in [5.41, 5.74) is 4.78. The third-order valence-corrected chi connectivity index (χ3v) is 7.41. The van der Waals surface area contributed by atoms with E-state index in [0.29, 0.717) is 31.9 Å². The smallest absolute Gasteiger partial charge is 0.233 e. The Morgan fingerprint density at radius 2 is 1.77 bits per heavy atom. The van der Waals surface area contributed by atoms with Gasteiger partial charge in [-0.2, -0.15) is 0 Å². The highest BCUT2D eigenvalue weighted by molar-refractivity contribution is 5.89. The van der Waals surface area contributed by atoms with Gasteiger partial charge in [-0.05, 0) is 75.4 Å². The number of likely N-dealkylation sites (tertiary alicyclic amines) is 1. The van der Waals surface area contributed by atoms with Crippen LogP contribution in [0.3, 0.4) is 0 Å². The lowest BCUT2D eigenvalue weighted by molar-refractivity contribution is -0.142. The van der Waals surface area contributed by atoms with Crippen LogP contribution in [0.2, 0.25) is 0 Å². The molecule has 2 fully saturated rings. The number of benzene rings is 2. The Kier molecular flexibility index (Phi) is 6.56. The van der Waals surface area contributed by atoms with Crippen LogP contribution in [0.4, 0.5) is 0 Å². The number of carbonyl (C=O) groups is 1. The first-order chi connectivity index (χ1) is 17.0. The van der Waals surface area contributed by atoms with Crippen molar-refractivity contribution in [2.45, 2.75) is 51.0 Å². The number of aromatic nitrogens is 2. The topological polar surface area (TPSA) is 64.5 Å². The first kappa shape index (κ1) is 23.5. The number of ether oxygens (including phenoxy) is 2. The molecule has 1 unspecified atom stereocenters. The predicted octanol–water partition coefficient (Wildman–Crippen LogP) is 5.18. The zero-order valence-corrected chi connectivity index (χ0v) is 20.8. The van der Waals surface area contributed by atoms with E-state index in [2.05, 4.69) is 41.9 Å². The number of methoxy groups -OCH3 is 1. The van der Waals surface area contributed by atoms with E-state index in [1.54, 1.807) is 13.3 Å². The van der Waals surface area contributed by atoms with Crippen LogP contribution < -0.4 is 4.74 Å². The van der Waals surface area contributed by atoms with E-state index in [0.717, 1.165) is 42.0 Å². The molecule has 0 spiro atoms. The van der Waals surface area contributed by atoms with Gasteiger partial charge in [-0.15, -0.1) is 0 Å². The van der Waals surface area contributed by atoms with Crippen LogP contribution in [0.1, 0.15) is 54.1 Å². The Bertz CT molecular complexity index is 1180. The normalized spacial score (nSPS) is 19.5. The van der Waals surface area contributed by atoms with Gasteiger partial charge in [0.1, 0.15) is 5.75 Å². The summed E-state index contributed by atoms with van der Waals surface area (Å²) in [7, 11) is 1.65. The minimum Gasteiger partial charge on any atom is -0.497 e. The molecule has 1 atom stereocenters. The van der Waals surface area contributed by atoms with Crippen molar-refractivity contribution < 1.29 is 14.3 Å². The van der Waals surface area contributed by atoms with Gasteiger partial charge in [-0.25, -0.2) is 9.97 Å². The minimum atomic E-state index is -0.552. The number of hydrogen-bond acceptors (Lipinski definition) is 5. The summed E-state index contributed by atoms with van der Waals surface area (Å²) < 4.78 is 11.0. The highest BCUT2D eigenvalue weighted by atomic mass is 16.5. The monoisotopic (exact) mass is 471 g/mol. The fourth-order valence-electron chi connectivity index (χ4n) is 5.63. The number of rotatable bonds is 5. The standard InChI is InChI=1S/C29H33N3O3/c1-20-17-21(2)19-23(18-20)29(11-15-35-16-12-29)28(33)32-14-4-5-26(32)25-10-13-30-27(31-25)22-6-8-24(34-3)9-7-22/h6-10,13,17-19,26H,4-5,11-12,14-16H2,1-3H3. The van der Waals surface area contributed by atoms with E-state index >= 15 is 0 Å². The van der Waals surface area contributed by atoms with Crippen molar-refractivity contribution >= 4 is 5.91 Å². The van der Waals surface area contributed by atoms with Crippen molar-refractivity contribution in [1.29, 1.82) is 0 Å². The average molecular weight is 472 g/mol. The predicted molar refractivity (Wildman–Crippen MR) is 135 cm³/mol. The molecule has 1 aromatic heterocycles. The molecule has 3 heterocycles. The van der Waals surface area contributed by atoms with Gasteiger partial charge >= 0.3 is 0 Å². The lowest BCUT2D eigenvalue weighted by Gasteiger charge is -2.41. The molecule has 6 nitrogen and oxygen atoms in total. The highest BCUT2D eigenvalue weighted by Gasteiger charge is 2.47. The minimum absolute atomic E-state index is 0.0480. The Morgan fingerprint density at radius 3 is 2.46 bits per heavy atom. The molecule has 0 saturated carbocycles. The van der Waals surface area contributed by atoms with Crippen LogP contribution >= 0.6 is 0 Å². The second kappa shape index (κ2) is 9.78. The number of hydrogen-bond donors (Lipinski definition) is 0. The van der Waals surface area contributed by atoms with Gasteiger partial charge in [-0.1, -0.05) is 29.3 Å². The zero-order chi connectivity index (χ0) is 24.4. The average Bonchev–Trinajstić information content (AvgIpc) is 3.38. The molecule has 5 rings (SSSR count). The quantitative estimate of drug-likeness (QED) is 0.513. The van der Waals surface area contributed by atoms with Crippen LogP contribution in [0.25, 0.3) is 11.4 Å². The van der Waals surface area contributed by atoms with Gasteiger partial charge in [0.15, 0.2) is 5.82 Å². The van der Waals surface area contributed by atoms with E-state index in [1.165, 1.54) is 11.1 Å². The van der Waals surface area contributed by atoms with Crippen molar-refractivity contribution in [2.75, 3.05) is 26.9 Å². The second-order valence-electron chi connectivity index (χ2n) is 9.76. The van der Waals surface area contributed by atoms with Gasteiger partial charge < -0.3 is 14.4 Å². The van der Waals surface area contributed by atoms with E-state index in [9.17, 15) is 4.79 Å². The van der Waals surface area contributed by atoms with Gasteiger partial charge in [0.25, 0.3) is 0 Å². The Morgan fingerprint density at radius 1 is 1.06 bits per heavy atom. The van der Waals surface area contributed by atoms with Crippen LogP contribution in [-0.2, 0) is 14.9 Å². The number of amides is 1. The molecular weight excluding hydrogens is 438 g/mol. The molecule has 2 aromatic carbocycles. The van der Waals surface area contributed by atoms with Crippen LogP contribution in [0, 0.1) is 13.8 Å². The van der Waals surface area contributed by atoms with Gasteiger partial charge in [0, 0.05) is 31.5 Å². The molecular formula is C29H33N3O3. The number of nitrogens with zero attached hydrogens (tertiary/aromatic N) is 3. The first-order valence-corrected chi connectivity index (χ1v) is 12.5. The molecule has 2 aliphatic heterocycles. The summed E-state index contributed by atoms with van der Waals surface area (Å²) in [6, 6.07) is 16.2. The van der Waals surface area contributed by atoms with Crippen molar-refractivity contribution in [3.05, 3.63) is 77.1 Å². The molecule has 6 heteroatoms. The van der Waals surface area contributed by atoms with E-state index in [4.69, 9.17) is 14.5 Å². The molecule has 3 aromatic rings. The summed E-state index contributed by atoms with van der Waals surface area (Å²) in [5, 5.41) is 0. The molecule has 0 radical (unpaired) electrons. The summed E-state index contributed by atoms with van der Waals surface area (Å²) in [6.45, 7) is 6.17. The third-order valence-electron chi connectivity index (χ3n) is 7.41. The van der Waals surface area contributed by atoms with Crippen LogP contribution in [0.5, 0.6) is 5.75 Å². The molecule has 2 aliphatic rings. The van der Waals surface area contributed by atoms with Crippen LogP contribution in [0.15, 0.2) is 54.7 Å². The maximum Gasteiger partial charge on any atom is 0.233 e. The molecule has 2 saturated heterocycles. The summed E-state index contributed by atoms with van der Waals surface area (Å²) >= 11 is 0. The number of aryl methyl sites for hydroxylation is 2. The fraction of sp³-hybridized carbons (Fsp3) is 0.414. The number of carbonyl (C=O) groups excluding carboxylic acids is 1. The van der Waals surface area contributed by atoms with E-state index < -0.39 is 5.41 Å². The van der Waals surface area contributed by atoms with E-state index in [-0.39, 0.29) is 11.9 Å². The highest BCUT2D eigenvalue weighted by Crippen LogP contribution is 2.42. The lowest BCUT2D eigenvalue weighted by Crippen LogP contribution is -2.49. The van der Waals surface area contributed by atoms with Crippen molar-refractivity contribution in [3.63, 3.8) is 0 Å². The Balaban J connectivity index is 1.48. The Labute approximate surface area is 207 Å². The van der Waals surface area contributed by atoms with Crippen LogP contribution in [-0.4, -0.2) is 47.6 Å². The summed E-state index contributed by atoms with van der Waals surface area (Å²) in [4.78, 5) is 25.9. The largest absolute Gasteiger partial charge is 0.497 e. The molecule has 182 valence electrons. The fourth-order valence-corrected chi connectivity index (χ4v) is 5.63. The van der Waals surface area contributed by atoms with E-state index in [1.807, 2.05) is 30.3 Å². The van der Waals surface area contributed by atoms with Crippen molar-refractivity contribution in [2.24, 2.45) is 0 Å².